The van der Waals surface area contributed by atoms with E-state index in [0.717, 1.165) is 32.7 Å². The van der Waals surface area contributed by atoms with Crippen molar-refractivity contribution in [3.05, 3.63) is 29.6 Å². The Bertz CT molecular complexity index is 659. The normalized spacial score (nSPS) is 21.6. The van der Waals surface area contributed by atoms with Crippen LogP contribution in [-0.4, -0.2) is 72.1 Å². The molecule has 0 aliphatic carbocycles. The van der Waals surface area contributed by atoms with Gasteiger partial charge in [0, 0.05) is 38.3 Å². The van der Waals surface area contributed by atoms with Gasteiger partial charge >= 0.3 is 5.97 Å². The number of benzene rings is 1. The molecule has 0 unspecified atom stereocenters. The van der Waals surface area contributed by atoms with E-state index in [1.807, 2.05) is 4.90 Å². The Morgan fingerprint density at radius 2 is 1.92 bits per heavy atom. The monoisotopic (exact) mass is 349 g/mol. The van der Waals surface area contributed by atoms with Crippen LogP contribution in [0.2, 0.25) is 0 Å². The predicted octanol–water partition coefficient (Wildman–Crippen LogP) is 1.66. The summed E-state index contributed by atoms with van der Waals surface area (Å²) >= 11 is 0. The number of likely N-dealkylation sites (N-methyl/N-ethyl adjacent to an activating group) is 1. The standard InChI is InChI=1S/C18H24FN3O3/c1-2-20-8-10-21(11-9-20)15-6-5-13(12-14(15)19)17(23)22-7-3-4-16(22)18(24)25/h5-6,12,16H,2-4,7-11H2,1H3,(H,24,25)/t16-/m0/s1. The van der Waals surface area contributed by atoms with Crippen molar-refractivity contribution in [3.63, 3.8) is 0 Å². The smallest absolute Gasteiger partial charge is 0.326 e. The third-order valence-electron chi connectivity index (χ3n) is 5.15. The summed E-state index contributed by atoms with van der Waals surface area (Å²) in [4.78, 5) is 29.4. The molecule has 1 amide bonds. The van der Waals surface area contributed by atoms with Crippen LogP contribution in [0.4, 0.5) is 10.1 Å². The molecule has 1 aromatic rings. The summed E-state index contributed by atoms with van der Waals surface area (Å²) in [6.07, 6.45) is 1.11. The molecule has 1 N–H and O–H groups in total. The second-order valence-electron chi connectivity index (χ2n) is 6.58. The first-order valence-electron chi connectivity index (χ1n) is 8.82. The van der Waals surface area contributed by atoms with Gasteiger partial charge in [-0.25, -0.2) is 9.18 Å². The molecule has 7 heteroatoms. The first-order valence-corrected chi connectivity index (χ1v) is 8.82. The quantitative estimate of drug-likeness (QED) is 0.896. The average molecular weight is 349 g/mol. The highest BCUT2D eigenvalue weighted by atomic mass is 19.1. The maximum atomic E-state index is 14.6. The molecule has 0 aromatic heterocycles. The van der Waals surface area contributed by atoms with E-state index in [1.54, 1.807) is 12.1 Å². The number of carbonyl (C=O) groups excluding carboxylic acids is 1. The zero-order valence-electron chi connectivity index (χ0n) is 14.4. The minimum absolute atomic E-state index is 0.210. The Hall–Kier alpha value is -2.15. The van der Waals surface area contributed by atoms with E-state index in [0.29, 0.717) is 25.1 Å². The number of carbonyl (C=O) groups is 2. The van der Waals surface area contributed by atoms with Crippen molar-refractivity contribution >= 4 is 17.6 Å². The van der Waals surface area contributed by atoms with Crippen LogP contribution in [0.3, 0.4) is 0 Å². The second kappa shape index (κ2) is 7.39. The van der Waals surface area contributed by atoms with Gasteiger partial charge in [-0.3, -0.25) is 4.79 Å². The summed E-state index contributed by atoms with van der Waals surface area (Å²) in [5.74, 6) is -1.84. The Morgan fingerprint density at radius 3 is 2.52 bits per heavy atom. The molecule has 2 aliphatic rings. The Labute approximate surface area is 146 Å². The third kappa shape index (κ3) is 3.61. The van der Waals surface area contributed by atoms with Crippen LogP contribution < -0.4 is 4.90 Å². The summed E-state index contributed by atoms with van der Waals surface area (Å²) in [7, 11) is 0. The number of hydrogen-bond acceptors (Lipinski definition) is 4. The molecule has 2 fully saturated rings. The van der Waals surface area contributed by atoms with Crippen molar-refractivity contribution in [1.29, 1.82) is 0 Å². The maximum absolute atomic E-state index is 14.6. The fraction of sp³-hybridized carbons (Fsp3) is 0.556. The van der Waals surface area contributed by atoms with Gasteiger partial charge in [0.25, 0.3) is 5.91 Å². The molecule has 0 saturated carbocycles. The number of aliphatic carboxylic acids is 1. The fourth-order valence-electron chi connectivity index (χ4n) is 3.63. The molecule has 0 bridgehead atoms. The molecule has 136 valence electrons. The lowest BCUT2D eigenvalue weighted by molar-refractivity contribution is -0.141. The number of anilines is 1. The highest BCUT2D eigenvalue weighted by Gasteiger charge is 2.34. The van der Waals surface area contributed by atoms with Gasteiger partial charge in [-0.15, -0.1) is 0 Å². The first-order chi connectivity index (χ1) is 12.0. The number of halogens is 1. The highest BCUT2D eigenvalue weighted by molar-refractivity contribution is 5.97. The Morgan fingerprint density at radius 1 is 1.20 bits per heavy atom. The molecule has 25 heavy (non-hydrogen) atoms. The lowest BCUT2D eigenvalue weighted by atomic mass is 10.1. The fourth-order valence-corrected chi connectivity index (χ4v) is 3.63. The zero-order chi connectivity index (χ0) is 18.0. The molecule has 3 rings (SSSR count). The van der Waals surface area contributed by atoms with E-state index in [4.69, 9.17) is 0 Å². The summed E-state index contributed by atoms with van der Waals surface area (Å²) < 4.78 is 14.6. The van der Waals surface area contributed by atoms with Crippen molar-refractivity contribution in [2.24, 2.45) is 0 Å². The molecular formula is C18H24FN3O3. The lowest BCUT2D eigenvalue weighted by Gasteiger charge is -2.35. The predicted molar refractivity (Wildman–Crippen MR) is 92.4 cm³/mol. The molecule has 0 spiro atoms. The van der Waals surface area contributed by atoms with Gasteiger partial charge in [0.15, 0.2) is 0 Å². The minimum atomic E-state index is -1.00. The van der Waals surface area contributed by atoms with Crippen molar-refractivity contribution in [1.82, 2.24) is 9.80 Å². The molecule has 2 aliphatic heterocycles. The van der Waals surface area contributed by atoms with Crippen molar-refractivity contribution in [3.8, 4) is 0 Å². The van der Waals surface area contributed by atoms with Gasteiger partial charge < -0.3 is 19.8 Å². The van der Waals surface area contributed by atoms with Gasteiger partial charge in [0.1, 0.15) is 11.9 Å². The maximum Gasteiger partial charge on any atom is 0.326 e. The number of hydrogen-bond donors (Lipinski definition) is 1. The second-order valence-corrected chi connectivity index (χ2v) is 6.58. The average Bonchev–Trinajstić information content (AvgIpc) is 3.11. The summed E-state index contributed by atoms with van der Waals surface area (Å²) in [5.41, 5.74) is 0.713. The van der Waals surface area contributed by atoms with Crippen LogP contribution in [0.15, 0.2) is 18.2 Å². The van der Waals surface area contributed by atoms with E-state index in [1.165, 1.54) is 11.0 Å². The van der Waals surface area contributed by atoms with Crippen LogP contribution in [0.1, 0.15) is 30.1 Å². The van der Waals surface area contributed by atoms with Gasteiger partial charge in [-0.2, -0.15) is 0 Å². The highest BCUT2D eigenvalue weighted by Crippen LogP contribution is 2.25. The van der Waals surface area contributed by atoms with Gasteiger partial charge in [-0.1, -0.05) is 6.92 Å². The number of carboxylic acids is 1. The number of likely N-dealkylation sites (tertiary alicyclic amines) is 1. The number of rotatable bonds is 4. The van der Waals surface area contributed by atoms with Crippen molar-refractivity contribution in [2.75, 3.05) is 44.2 Å². The van der Waals surface area contributed by atoms with E-state index in [9.17, 15) is 19.1 Å². The van der Waals surface area contributed by atoms with E-state index >= 15 is 0 Å². The zero-order valence-corrected chi connectivity index (χ0v) is 14.4. The van der Waals surface area contributed by atoms with Crippen molar-refractivity contribution in [2.45, 2.75) is 25.8 Å². The van der Waals surface area contributed by atoms with Crippen LogP contribution >= 0.6 is 0 Å². The number of piperazine rings is 1. The molecular weight excluding hydrogens is 325 g/mol. The Kier molecular flexibility index (Phi) is 5.22. The molecule has 6 nitrogen and oxygen atoms in total. The molecule has 1 atom stereocenters. The van der Waals surface area contributed by atoms with Crippen LogP contribution in [0.5, 0.6) is 0 Å². The van der Waals surface area contributed by atoms with Gasteiger partial charge in [-0.05, 0) is 37.6 Å². The summed E-state index contributed by atoms with van der Waals surface area (Å²) in [5, 5.41) is 9.21. The van der Waals surface area contributed by atoms with Gasteiger partial charge in [0.05, 0.1) is 5.69 Å². The largest absolute Gasteiger partial charge is 0.480 e. The lowest BCUT2D eigenvalue weighted by Crippen LogP contribution is -2.46. The van der Waals surface area contributed by atoms with Crippen LogP contribution in [0, 0.1) is 5.82 Å². The van der Waals surface area contributed by atoms with E-state index in [-0.39, 0.29) is 5.56 Å². The van der Waals surface area contributed by atoms with E-state index in [2.05, 4.69) is 11.8 Å². The molecule has 0 radical (unpaired) electrons. The third-order valence-corrected chi connectivity index (χ3v) is 5.15. The molecule has 2 saturated heterocycles. The molecule has 1 aromatic carbocycles. The van der Waals surface area contributed by atoms with Crippen molar-refractivity contribution < 1.29 is 19.1 Å². The SMILES string of the molecule is CCN1CCN(c2ccc(C(=O)N3CCC[C@H]3C(=O)O)cc2F)CC1. The topological polar surface area (TPSA) is 64.1 Å². The number of nitrogens with zero attached hydrogens (tertiary/aromatic N) is 3. The summed E-state index contributed by atoms with van der Waals surface area (Å²) in [6, 6.07) is 3.67. The van der Waals surface area contributed by atoms with Gasteiger partial charge in [0.2, 0.25) is 0 Å². The van der Waals surface area contributed by atoms with Crippen LogP contribution in [-0.2, 0) is 4.79 Å². The van der Waals surface area contributed by atoms with Crippen LogP contribution in [0.25, 0.3) is 0 Å². The minimum Gasteiger partial charge on any atom is -0.480 e. The molecule has 2 heterocycles. The number of carboxylic acid groups (broad SMARTS) is 1. The number of amides is 1. The summed E-state index contributed by atoms with van der Waals surface area (Å²) in [6.45, 7) is 6.80. The first kappa shape index (κ1) is 17.7. The van der Waals surface area contributed by atoms with E-state index < -0.39 is 23.7 Å². The Balaban J connectivity index is 1.73.